The smallest absolute Gasteiger partial charge is 0.468 e. The van der Waals surface area contributed by atoms with Crippen molar-refractivity contribution >= 4 is 20.7 Å². The molecule has 1 fully saturated rings. The van der Waals surface area contributed by atoms with Crippen molar-refractivity contribution in [3.63, 3.8) is 0 Å². The molecule has 126 valence electrons. The largest absolute Gasteiger partial charge is 0.500 e. The molecule has 0 spiro atoms. The average molecular weight is 331 g/mol. The van der Waals surface area contributed by atoms with Gasteiger partial charge in [0.1, 0.15) is 0 Å². The van der Waals surface area contributed by atoms with Gasteiger partial charge in [-0.25, -0.2) is 0 Å². The monoisotopic (exact) mass is 331 g/mol. The van der Waals surface area contributed by atoms with Crippen LogP contribution >= 0.6 is 0 Å². The number of rotatable bonds is 10. The second kappa shape index (κ2) is 7.86. The zero-order valence-corrected chi connectivity index (χ0v) is 14.6. The molecule has 1 aliphatic rings. The Morgan fingerprint density at radius 1 is 1.27 bits per heavy atom. The number of nitrogens with one attached hydrogen (secondary N) is 1. The lowest BCUT2D eigenvalue weighted by atomic mass is 10.0. The summed E-state index contributed by atoms with van der Waals surface area (Å²) in [4.78, 5) is 24.1. The molecule has 8 heteroatoms. The highest BCUT2D eigenvalue weighted by molar-refractivity contribution is 6.60. The summed E-state index contributed by atoms with van der Waals surface area (Å²) >= 11 is 0. The first-order valence-electron chi connectivity index (χ1n) is 7.11. The molecule has 0 bridgehead atoms. The topological polar surface area (TPSA) is 83.1 Å². The molecule has 2 atom stereocenters. The van der Waals surface area contributed by atoms with E-state index >= 15 is 0 Å². The second-order valence-corrected chi connectivity index (χ2v) is 8.25. The van der Waals surface area contributed by atoms with Gasteiger partial charge in [-0.1, -0.05) is 6.08 Å². The molecule has 22 heavy (non-hydrogen) atoms. The quantitative estimate of drug-likeness (QED) is 0.209. The van der Waals surface area contributed by atoms with Crippen LogP contribution in [0.5, 0.6) is 0 Å². The van der Waals surface area contributed by atoms with E-state index in [9.17, 15) is 9.59 Å². The molecule has 7 nitrogen and oxygen atoms in total. The predicted molar refractivity (Wildman–Crippen MR) is 82.0 cm³/mol. The van der Waals surface area contributed by atoms with Gasteiger partial charge in [0.25, 0.3) is 0 Å². The first-order valence-corrected chi connectivity index (χ1v) is 9.04. The van der Waals surface area contributed by atoms with Crippen LogP contribution in [-0.2, 0) is 27.6 Å². The van der Waals surface area contributed by atoms with E-state index in [1.807, 2.05) is 0 Å². The maximum atomic E-state index is 12.3. The molecule has 0 aliphatic heterocycles. The summed E-state index contributed by atoms with van der Waals surface area (Å²) in [6.07, 6.45) is 2.70. The third-order valence-corrected chi connectivity index (χ3v) is 6.96. The molecule has 0 heterocycles. The van der Waals surface area contributed by atoms with Gasteiger partial charge in [0.2, 0.25) is 5.91 Å². The van der Waals surface area contributed by atoms with Crippen molar-refractivity contribution in [2.24, 2.45) is 11.3 Å². The van der Waals surface area contributed by atoms with Crippen molar-refractivity contribution in [2.75, 3.05) is 35.0 Å². The molecule has 0 radical (unpaired) electrons. The first-order chi connectivity index (χ1) is 10.5. The Morgan fingerprint density at radius 2 is 1.86 bits per heavy atom. The minimum Gasteiger partial charge on any atom is -0.468 e. The molecular weight excluding hydrogens is 306 g/mol. The highest BCUT2D eigenvalue weighted by atomic mass is 28.4. The summed E-state index contributed by atoms with van der Waals surface area (Å²) < 4.78 is 20.7. The summed E-state index contributed by atoms with van der Waals surface area (Å²) in [7, 11) is 3.29. The number of esters is 1. The van der Waals surface area contributed by atoms with Gasteiger partial charge in [-0.3, -0.25) is 9.59 Å². The van der Waals surface area contributed by atoms with E-state index in [2.05, 4.69) is 11.9 Å². The number of methoxy groups -OCH3 is 1. The van der Waals surface area contributed by atoms with E-state index in [4.69, 9.17) is 18.0 Å². The fourth-order valence-electron chi connectivity index (χ4n) is 2.56. The van der Waals surface area contributed by atoms with E-state index in [1.165, 1.54) is 7.11 Å². The predicted octanol–water partition coefficient (Wildman–Crippen LogP) is 0.736. The van der Waals surface area contributed by atoms with Gasteiger partial charge >= 0.3 is 14.8 Å². The molecule has 0 aromatic heterocycles. The average Bonchev–Trinajstić information content (AvgIpc) is 3.30. The SMILES string of the molecule is C=CC1CC1(C(=O)NCCC[Si](OC)(OC)OC)C(=O)OC. The molecule has 1 N–H and O–H groups in total. The number of amides is 1. The molecule has 1 rings (SSSR count). The summed E-state index contributed by atoms with van der Waals surface area (Å²) in [6, 6.07) is 0.576. The van der Waals surface area contributed by atoms with Crippen molar-refractivity contribution in [3.05, 3.63) is 12.7 Å². The van der Waals surface area contributed by atoms with Gasteiger partial charge in [0.05, 0.1) is 7.11 Å². The van der Waals surface area contributed by atoms with Gasteiger partial charge in [0, 0.05) is 39.8 Å². The van der Waals surface area contributed by atoms with Crippen LogP contribution in [0.4, 0.5) is 0 Å². The molecule has 0 saturated heterocycles. The van der Waals surface area contributed by atoms with Gasteiger partial charge in [-0.05, 0) is 12.8 Å². The van der Waals surface area contributed by atoms with E-state index in [0.29, 0.717) is 25.4 Å². The van der Waals surface area contributed by atoms with Crippen molar-refractivity contribution in [1.82, 2.24) is 5.32 Å². The van der Waals surface area contributed by atoms with Gasteiger partial charge in [-0.2, -0.15) is 0 Å². The summed E-state index contributed by atoms with van der Waals surface area (Å²) in [5, 5.41) is 2.78. The van der Waals surface area contributed by atoms with Gasteiger partial charge in [0.15, 0.2) is 5.41 Å². The molecular formula is C14H25NO6Si. The molecule has 1 aliphatic carbocycles. The van der Waals surface area contributed by atoms with E-state index < -0.39 is 20.2 Å². The summed E-state index contributed by atoms with van der Waals surface area (Å²) in [5.74, 6) is -0.988. The van der Waals surface area contributed by atoms with Crippen molar-refractivity contribution in [1.29, 1.82) is 0 Å². The Labute approximate surface area is 132 Å². The Hall–Kier alpha value is -1.22. The summed E-state index contributed by atoms with van der Waals surface area (Å²) in [6.45, 7) is 4.06. The Morgan fingerprint density at radius 3 is 2.27 bits per heavy atom. The molecule has 2 unspecified atom stereocenters. The first kappa shape index (κ1) is 18.8. The standard InChI is InChI=1S/C14H25NO6Si/c1-6-11-10-14(11,13(17)18-2)12(16)15-8-7-9-22(19-3,20-4)21-5/h6,11H,1,7-10H2,2-5H3,(H,15,16). The number of hydrogen-bond acceptors (Lipinski definition) is 6. The number of carbonyl (C=O) groups excluding carboxylic acids is 2. The van der Waals surface area contributed by atoms with E-state index in [-0.39, 0.29) is 11.8 Å². The third-order valence-electron chi connectivity index (χ3n) is 4.13. The third kappa shape index (κ3) is 3.57. The Balaban J connectivity index is 2.49. The van der Waals surface area contributed by atoms with Crippen LogP contribution in [0.25, 0.3) is 0 Å². The zero-order valence-electron chi connectivity index (χ0n) is 13.6. The van der Waals surface area contributed by atoms with Crippen LogP contribution in [0, 0.1) is 11.3 Å². The number of allylic oxidation sites excluding steroid dienone is 1. The fraction of sp³-hybridized carbons (Fsp3) is 0.714. The van der Waals surface area contributed by atoms with E-state index in [0.717, 1.165) is 0 Å². The van der Waals surface area contributed by atoms with Crippen LogP contribution in [0.15, 0.2) is 12.7 Å². The van der Waals surface area contributed by atoms with Gasteiger partial charge < -0.3 is 23.3 Å². The lowest BCUT2D eigenvalue weighted by Crippen LogP contribution is -2.44. The number of ether oxygens (including phenoxy) is 1. The normalized spacial score (nSPS) is 23.7. The maximum absolute atomic E-state index is 12.3. The second-order valence-electron chi connectivity index (χ2n) is 5.16. The van der Waals surface area contributed by atoms with Crippen LogP contribution in [-0.4, -0.2) is 55.7 Å². The van der Waals surface area contributed by atoms with Crippen LogP contribution in [0.3, 0.4) is 0 Å². The van der Waals surface area contributed by atoms with E-state index in [1.54, 1.807) is 27.4 Å². The number of hydrogen-bond donors (Lipinski definition) is 1. The lowest BCUT2D eigenvalue weighted by Gasteiger charge is -2.24. The minimum atomic E-state index is -2.63. The highest BCUT2D eigenvalue weighted by Crippen LogP contribution is 2.54. The molecule has 0 aromatic rings. The Kier molecular flexibility index (Phi) is 6.73. The van der Waals surface area contributed by atoms with Crippen LogP contribution in [0.2, 0.25) is 6.04 Å². The Bertz CT molecular complexity index is 417. The fourth-order valence-corrected chi connectivity index (χ4v) is 4.29. The molecule has 1 saturated carbocycles. The maximum Gasteiger partial charge on any atom is 0.500 e. The molecule has 1 amide bonds. The summed E-state index contributed by atoms with van der Waals surface area (Å²) in [5.41, 5.74) is -1.10. The van der Waals surface area contributed by atoms with Crippen molar-refractivity contribution in [3.8, 4) is 0 Å². The zero-order chi connectivity index (χ0) is 16.8. The van der Waals surface area contributed by atoms with Crippen LogP contribution < -0.4 is 5.32 Å². The van der Waals surface area contributed by atoms with Gasteiger partial charge in [-0.15, -0.1) is 6.58 Å². The number of carbonyl (C=O) groups is 2. The van der Waals surface area contributed by atoms with Crippen LogP contribution in [0.1, 0.15) is 12.8 Å². The highest BCUT2D eigenvalue weighted by Gasteiger charge is 2.65. The minimum absolute atomic E-state index is 0.162. The van der Waals surface area contributed by atoms with Crippen molar-refractivity contribution < 1.29 is 27.6 Å². The molecule has 0 aromatic carbocycles. The van der Waals surface area contributed by atoms with Crippen molar-refractivity contribution in [2.45, 2.75) is 18.9 Å². The lowest BCUT2D eigenvalue weighted by molar-refractivity contribution is -0.152.